The van der Waals surface area contributed by atoms with Crippen LogP contribution in [-0.4, -0.2) is 0 Å². The van der Waals surface area contributed by atoms with Crippen molar-refractivity contribution >= 4 is 0 Å². The summed E-state index contributed by atoms with van der Waals surface area (Å²) in [5, 5.41) is 0. The van der Waals surface area contributed by atoms with E-state index in [1.165, 1.54) is 5.56 Å². The second kappa shape index (κ2) is 4.40. The van der Waals surface area contributed by atoms with E-state index in [9.17, 15) is 0 Å². The van der Waals surface area contributed by atoms with Crippen LogP contribution in [0, 0.1) is 0 Å². The molecular weight excluding hydrogens is 208 g/mol. The molecule has 1 atom stereocenters. The predicted molar refractivity (Wildman–Crippen MR) is 71.4 cm³/mol. The summed E-state index contributed by atoms with van der Waals surface area (Å²) < 4.78 is 5.96. The summed E-state index contributed by atoms with van der Waals surface area (Å²) in [7, 11) is 0. The third-order valence-corrected chi connectivity index (χ3v) is 3.09. The first-order valence-electron chi connectivity index (χ1n) is 6.13. The van der Waals surface area contributed by atoms with Gasteiger partial charge in [0, 0.05) is 11.3 Å². The van der Waals surface area contributed by atoms with E-state index in [0.717, 1.165) is 11.5 Å². The summed E-state index contributed by atoms with van der Waals surface area (Å²) in [6.45, 7) is 8.69. The molecule has 0 amide bonds. The van der Waals surface area contributed by atoms with E-state index in [1.54, 1.807) is 0 Å². The van der Waals surface area contributed by atoms with Gasteiger partial charge in [-0.15, -0.1) is 0 Å². The van der Waals surface area contributed by atoms with Crippen LogP contribution in [0.5, 0.6) is 0 Å². The fraction of sp³-hybridized carbons (Fsp3) is 0.375. The van der Waals surface area contributed by atoms with Gasteiger partial charge in [-0.1, -0.05) is 58.0 Å². The monoisotopic (exact) mass is 228 g/mol. The van der Waals surface area contributed by atoms with E-state index in [4.69, 9.17) is 4.42 Å². The lowest BCUT2D eigenvalue weighted by Gasteiger charge is -2.15. The van der Waals surface area contributed by atoms with E-state index in [-0.39, 0.29) is 5.41 Å². The number of hydrogen-bond donors (Lipinski definition) is 0. The summed E-state index contributed by atoms with van der Waals surface area (Å²) >= 11 is 0. The lowest BCUT2D eigenvalue weighted by molar-refractivity contribution is 0.381. The van der Waals surface area contributed by atoms with E-state index in [0.29, 0.717) is 5.92 Å². The van der Waals surface area contributed by atoms with E-state index < -0.39 is 0 Å². The quantitative estimate of drug-likeness (QED) is 0.724. The first-order valence-corrected chi connectivity index (χ1v) is 6.13. The average Bonchev–Trinajstić information content (AvgIpc) is 2.78. The SMILES string of the molecule is CC(c1ccccc1)c1ccc(C(C)(C)C)o1. The van der Waals surface area contributed by atoms with Crippen molar-refractivity contribution in [2.24, 2.45) is 0 Å². The molecule has 0 aliphatic rings. The van der Waals surface area contributed by atoms with Crippen molar-refractivity contribution < 1.29 is 4.42 Å². The minimum Gasteiger partial charge on any atom is -0.465 e. The fourth-order valence-electron chi connectivity index (χ4n) is 1.89. The van der Waals surface area contributed by atoms with Crippen molar-refractivity contribution in [1.82, 2.24) is 0 Å². The molecule has 1 aromatic carbocycles. The zero-order valence-corrected chi connectivity index (χ0v) is 11.0. The van der Waals surface area contributed by atoms with E-state index >= 15 is 0 Å². The molecular formula is C16H20O. The molecule has 0 aliphatic carbocycles. The highest BCUT2D eigenvalue weighted by molar-refractivity contribution is 5.28. The zero-order valence-electron chi connectivity index (χ0n) is 11.0. The normalized spacial score (nSPS) is 13.6. The summed E-state index contributed by atoms with van der Waals surface area (Å²) in [6, 6.07) is 14.7. The number of hydrogen-bond acceptors (Lipinski definition) is 1. The molecule has 2 rings (SSSR count). The van der Waals surface area contributed by atoms with Gasteiger partial charge in [-0.05, 0) is 17.7 Å². The highest BCUT2D eigenvalue weighted by atomic mass is 16.3. The van der Waals surface area contributed by atoms with Crippen LogP contribution in [0.1, 0.15) is 50.7 Å². The molecule has 0 N–H and O–H groups in total. The van der Waals surface area contributed by atoms with Crippen LogP contribution >= 0.6 is 0 Å². The fourth-order valence-corrected chi connectivity index (χ4v) is 1.89. The van der Waals surface area contributed by atoms with Gasteiger partial charge in [0.25, 0.3) is 0 Å². The van der Waals surface area contributed by atoms with Gasteiger partial charge in [0.2, 0.25) is 0 Å². The van der Waals surface area contributed by atoms with Gasteiger partial charge in [-0.2, -0.15) is 0 Å². The van der Waals surface area contributed by atoms with Crippen LogP contribution in [0.15, 0.2) is 46.9 Å². The first-order chi connectivity index (χ1) is 7.98. The highest BCUT2D eigenvalue weighted by Gasteiger charge is 2.20. The summed E-state index contributed by atoms with van der Waals surface area (Å²) in [5.41, 5.74) is 1.37. The Balaban J connectivity index is 2.27. The second-order valence-corrected chi connectivity index (χ2v) is 5.58. The van der Waals surface area contributed by atoms with Crippen molar-refractivity contribution in [1.29, 1.82) is 0 Å². The van der Waals surface area contributed by atoms with Crippen LogP contribution in [-0.2, 0) is 5.41 Å². The number of rotatable bonds is 2. The zero-order chi connectivity index (χ0) is 12.5. The lowest BCUT2D eigenvalue weighted by Crippen LogP contribution is -2.09. The van der Waals surface area contributed by atoms with Gasteiger partial charge in [-0.3, -0.25) is 0 Å². The summed E-state index contributed by atoms with van der Waals surface area (Å²) in [4.78, 5) is 0. The second-order valence-electron chi connectivity index (χ2n) is 5.58. The topological polar surface area (TPSA) is 13.1 Å². The molecule has 17 heavy (non-hydrogen) atoms. The van der Waals surface area contributed by atoms with Gasteiger partial charge in [0.05, 0.1) is 0 Å². The predicted octanol–water partition coefficient (Wildman–Crippen LogP) is 4.73. The smallest absolute Gasteiger partial charge is 0.111 e. The Hall–Kier alpha value is -1.50. The molecule has 90 valence electrons. The molecule has 1 nitrogen and oxygen atoms in total. The Morgan fingerprint density at radius 3 is 2.12 bits per heavy atom. The molecule has 0 fully saturated rings. The van der Waals surface area contributed by atoms with E-state index in [2.05, 4.69) is 64.1 Å². The maximum atomic E-state index is 5.96. The van der Waals surface area contributed by atoms with Crippen LogP contribution in [0.2, 0.25) is 0 Å². The van der Waals surface area contributed by atoms with Gasteiger partial charge < -0.3 is 4.42 Å². The minimum atomic E-state index is 0.0780. The van der Waals surface area contributed by atoms with Crippen molar-refractivity contribution in [2.75, 3.05) is 0 Å². The first kappa shape index (κ1) is 12.0. The van der Waals surface area contributed by atoms with Crippen molar-refractivity contribution in [2.45, 2.75) is 39.0 Å². The minimum absolute atomic E-state index is 0.0780. The van der Waals surface area contributed by atoms with Crippen LogP contribution in [0.3, 0.4) is 0 Å². The molecule has 1 unspecified atom stereocenters. The molecule has 0 spiro atoms. The molecule has 0 aliphatic heterocycles. The highest BCUT2D eigenvalue weighted by Crippen LogP contribution is 2.30. The largest absolute Gasteiger partial charge is 0.465 e. The molecule has 0 bridgehead atoms. The average molecular weight is 228 g/mol. The van der Waals surface area contributed by atoms with Gasteiger partial charge in [0.15, 0.2) is 0 Å². The molecule has 0 saturated carbocycles. The maximum absolute atomic E-state index is 5.96. The molecule has 1 heterocycles. The molecule has 1 aromatic heterocycles. The standard InChI is InChI=1S/C16H20O/c1-12(13-8-6-5-7-9-13)14-10-11-15(17-14)16(2,3)4/h5-12H,1-4H3. The molecule has 0 radical (unpaired) electrons. The molecule has 1 heteroatoms. The summed E-state index contributed by atoms with van der Waals surface area (Å²) in [5.74, 6) is 2.41. The van der Waals surface area contributed by atoms with Gasteiger partial charge >= 0.3 is 0 Å². The summed E-state index contributed by atoms with van der Waals surface area (Å²) in [6.07, 6.45) is 0. The molecule has 0 saturated heterocycles. The Bertz CT molecular complexity index is 474. The third kappa shape index (κ3) is 2.60. The maximum Gasteiger partial charge on any atom is 0.111 e. The lowest BCUT2D eigenvalue weighted by atomic mass is 9.94. The molecule has 2 aromatic rings. The van der Waals surface area contributed by atoms with Gasteiger partial charge in [0.1, 0.15) is 11.5 Å². The van der Waals surface area contributed by atoms with Crippen molar-refractivity contribution in [3.05, 3.63) is 59.5 Å². The van der Waals surface area contributed by atoms with Crippen LogP contribution < -0.4 is 0 Å². The Labute approximate surface area is 103 Å². The third-order valence-electron chi connectivity index (χ3n) is 3.09. The Morgan fingerprint density at radius 1 is 0.941 bits per heavy atom. The van der Waals surface area contributed by atoms with Crippen molar-refractivity contribution in [3.63, 3.8) is 0 Å². The Morgan fingerprint density at radius 2 is 1.59 bits per heavy atom. The van der Waals surface area contributed by atoms with Crippen LogP contribution in [0.25, 0.3) is 0 Å². The van der Waals surface area contributed by atoms with E-state index in [1.807, 2.05) is 6.07 Å². The number of benzene rings is 1. The van der Waals surface area contributed by atoms with Gasteiger partial charge in [-0.25, -0.2) is 0 Å². The Kier molecular flexibility index (Phi) is 3.10. The number of furan rings is 1. The van der Waals surface area contributed by atoms with Crippen LogP contribution in [0.4, 0.5) is 0 Å². The van der Waals surface area contributed by atoms with Crippen molar-refractivity contribution in [3.8, 4) is 0 Å².